The molecular formula is C10H15IN4O3. The van der Waals surface area contributed by atoms with Crippen molar-refractivity contribution in [2.24, 2.45) is 0 Å². The molecule has 0 fully saturated rings. The Hall–Kier alpha value is -1.16. The number of ether oxygens (including phenoxy) is 1. The van der Waals surface area contributed by atoms with E-state index in [4.69, 9.17) is 4.74 Å². The van der Waals surface area contributed by atoms with Gasteiger partial charge in [0.1, 0.15) is 9.39 Å². The van der Waals surface area contributed by atoms with Gasteiger partial charge in [-0.1, -0.05) is 0 Å². The van der Waals surface area contributed by atoms with Crippen molar-refractivity contribution in [3.63, 3.8) is 0 Å². The molecule has 100 valence electrons. The maximum Gasteiger partial charge on any atom is 0.266 e. The molecule has 7 nitrogen and oxygen atoms in total. The van der Waals surface area contributed by atoms with E-state index in [2.05, 4.69) is 15.3 Å². The number of halogens is 1. The highest BCUT2D eigenvalue weighted by molar-refractivity contribution is 14.1. The number of anilines is 1. The van der Waals surface area contributed by atoms with Gasteiger partial charge >= 0.3 is 0 Å². The third kappa shape index (κ3) is 4.26. The lowest BCUT2D eigenvalue weighted by molar-refractivity contribution is -0.119. The van der Waals surface area contributed by atoms with Gasteiger partial charge in [-0.3, -0.25) is 9.59 Å². The molecular weight excluding hydrogens is 351 g/mol. The van der Waals surface area contributed by atoms with Gasteiger partial charge < -0.3 is 19.9 Å². The Morgan fingerprint density at radius 3 is 3.06 bits per heavy atom. The van der Waals surface area contributed by atoms with Crippen molar-refractivity contribution >= 4 is 34.3 Å². The second-order valence-electron chi connectivity index (χ2n) is 3.57. The van der Waals surface area contributed by atoms with E-state index in [0.29, 0.717) is 22.5 Å². The van der Waals surface area contributed by atoms with Gasteiger partial charge in [0.15, 0.2) is 0 Å². The highest BCUT2D eigenvalue weighted by Gasteiger charge is 2.13. The number of carbonyl (C=O) groups is 1. The van der Waals surface area contributed by atoms with Crippen LogP contribution in [0.3, 0.4) is 0 Å². The van der Waals surface area contributed by atoms with Crippen LogP contribution in [0.15, 0.2) is 11.1 Å². The third-order valence-corrected chi connectivity index (χ3v) is 3.12. The third-order valence-electron chi connectivity index (χ3n) is 2.15. The SMILES string of the molecule is COCCNC(=O)CN(C)c1nc[nH]c(=O)c1I. The fourth-order valence-electron chi connectivity index (χ4n) is 1.28. The highest BCUT2D eigenvalue weighted by Crippen LogP contribution is 2.12. The molecule has 2 N–H and O–H groups in total. The standard InChI is InChI=1S/C10H15IN4O3/c1-15(5-7(16)12-3-4-18-2)9-8(11)10(17)14-6-13-9/h6H,3-5H2,1-2H3,(H,12,16)(H,13,14,17). The molecule has 0 bridgehead atoms. The van der Waals surface area contributed by atoms with Crippen LogP contribution in [-0.4, -0.2) is 49.7 Å². The Balaban J connectivity index is 2.59. The maximum atomic E-state index is 11.6. The van der Waals surface area contributed by atoms with E-state index in [1.807, 2.05) is 22.6 Å². The smallest absolute Gasteiger partial charge is 0.266 e. The molecule has 0 saturated carbocycles. The quantitative estimate of drug-likeness (QED) is 0.527. The van der Waals surface area contributed by atoms with Gasteiger partial charge in [-0.25, -0.2) is 4.98 Å². The topological polar surface area (TPSA) is 87.3 Å². The predicted octanol–water partition coefficient (Wildman–Crippen LogP) is -0.427. The lowest BCUT2D eigenvalue weighted by Gasteiger charge is -2.18. The summed E-state index contributed by atoms with van der Waals surface area (Å²) in [6, 6.07) is 0. The van der Waals surface area contributed by atoms with E-state index in [9.17, 15) is 9.59 Å². The summed E-state index contributed by atoms with van der Waals surface area (Å²) in [5.74, 6) is 0.341. The molecule has 1 aromatic rings. The summed E-state index contributed by atoms with van der Waals surface area (Å²) in [5, 5.41) is 2.70. The van der Waals surface area contributed by atoms with Crippen molar-refractivity contribution < 1.29 is 9.53 Å². The second kappa shape index (κ2) is 7.31. The van der Waals surface area contributed by atoms with Gasteiger partial charge in [0, 0.05) is 20.7 Å². The molecule has 0 spiro atoms. The molecule has 0 radical (unpaired) electrons. The molecule has 1 aromatic heterocycles. The molecule has 8 heteroatoms. The monoisotopic (exact) mass is 366 g/mol. The van der Waals surface area contributed by atoms with E-state index >= 15 is 0 Å². The normalized spacial score (nSPS) is 10.2. The van der Waals surface area contributed by atoms with Crippen LogP contribution in [0, 0.1) is 3.57 Å². The molecule has 0 aliphatic rings. The first-order chi connectivity index (χ1) is 8.56. The summed E-state index contributed by atoms with van der Waals surface area (Å²) >= 11 is 1.90. The predicted molar refractivity (Wildman–Crippen MR) is 75.7 cm³/mol. The zero-order valence-electron chi connectivity index (χ0n) is 10.2. The van der Waals surface area contributed by atoms with E-state index < -0.39 is 0 Å². The van der Waals surface area contributed by atoms with E-state index in [-0.39, 0.29) is 18.0 Å². The van der Waals surface area contributed by atoms with Crippen molar-refractivity contribution in [3.8, 4) is 0 Å². The largest absolute Gasteiger partial charge is 0.383 e. The molecule has 0 atom stereocenters. The van der Waals surface area contributed by atoms with Gasteiger partial charge in [-0.05, 0) is 22.6 Å². The van der Waals surface area contributed by atoms with Crippen LogP contribution in [0.5, 0.6) is 0 Å². The number of hydrogen-bond donors (Lipinski definition) is 2. The number of methoxy groups -OCH3 is 1. The molecule has 0 aliphatic heterocycles. The van der Waals surface area contributed by atoms with Crippen LogP contribution in [0.1, 0.15) is 0 Å². The Morgan fingerprint density at radius 2 is 2.39 bits per heavy atom. The Labute approximate surface area is 118 Å². The maximum absolute atomic E-state index is 11.6. The van der Waals surface area contributed by atoms with Crippen LogP contribution >= 0.6 is 22.6 Å². The fourth-order valence-corrected chi connectivity index (χ4v) is 1.99. The van der Waals surface area contributed by atoms with Crippen molar-refractivity contribution in [2.75, 3.05) is 38.8 Å². The lowest BCUT2D eigenvalue weighted by atomic mass is 10.4. The summed E-state index contributed by atoms with van der Waals surface area (Å²) in [4.78, 5) is 31.1. The summed E-state index contributed by atoms with van der Waals surface area (Å²) in [5.41, 5.74) is -0.216. The Morgan fingerprint density at radius 1 is 1.67 bits per heavy atom. The first-order valence-corrected chi connectivity index (χ1v) is 6.34. The number of nitrogens with zero attached hydrogens (tertiary/aromatic N) is 2. The number of amides is 1. The summed E-state index contributed by atoms with van der Waals surface area (Å²) in [6.07, 6.45) is 1.32. The zero-order valence-corrected chi connectivity index (χ0v) is 12.4. The first kappa shape index (κ1) is 14.9. The number of nitrogens with one attached hydrogen (secondary N) is 2. The van der Waals surface area contributed by atoms with Gasteiger partial charge in [0.25, 0.3) is 5.56 Å². The van der Waals surface area contributed by atoms with E-state index in [1.165, 1.54) is 6.33 Å². The number of aromatic amines is 1. The molecule has 1 rings (SSSR count). The van der Waals surface area contributed by atoms with Crippen LogP contribution in [-0.2, 0) is 9.53 Å². The number of aromatic nitrogens is 2. The zero-order chi connectivity index (χ0) is 13.5. The van der Waals surface area contributed by atoms with Gasteiger partial charge in [-0.15, -0.1) is 0 Å². The molecule has 1 heterocycles. The van der Waals surface area contributed by atoms with Gasteiger partial charge in [0.05, 0.1) is 19.5 Å². The van der Waals surface area contributed by atoms with Crippen molar-refractivity contribution in [1.82, 2.24) is 15.3 Å². The molecule has 1 amide bonds. The number of carbonyl (C=O) groups excluding carboxylic acids is 1. The van der Waals surface area contributed by atoms with Gasteiger partial charge in [-0.2, -0.15) is 0 Å². The number of H-pyrrole nitrogens is 1. The number of rotatable bonds is 6. The van der Waals surface area contributed by atoms with Crippen molar-refractivity contribution in [1.29, 1.82) is 0 Å². The molecule has 0 saturated heterocycles. The second-order valence-corrected chi connectivity index (χ2v) is 4.65. The minimum Gasteiger partial charge on any atom is -0.383 e. The van der Waals surface area contributed by atoms with Crippen molar-refractivity contribution in [2.45, 2.75) is 0 Å². The van der Waals surface area contributed by atoms with Crippen LogP contribution < -0.4 is 15.8 Å². The fraction of sp³-hybridized carbons (Fsp3) is 0.500. The van der Waals surface area contributed by atoms with E-state index in [1.54, 1.807) is 19.1 Å². The summed E-state index contributed by atoms with van der Waals surface area (Å²) in [6.45, 7) is 1.06. The van der Waals surface area contributed by atoms with Crippen molar-refractivity contribution in [3.05, 3.63) is 20.3 Å². The van der Waals surface area contributed by atoms with Gasteiger partial charge in [0.2, 0.25) is 5.91 Å². The number of likely N-dealkylation sites (N-methyl/N-ethyl adjacent to an activating group) is 1. The molecule has 18 heavy (non-hydrogen) atoms. The minimum atomic E-state index is -0.216. The molecule has 0 unspecified atom stereocenters. The van der Waals surface area contributed by atoms with Crippen LogP contribution in [0.4, 0.5) is 5.82 Å². The van der Waals surface area contributed by atoms with Crippen LogP contribution in [0.2, 0.25) is 0 Å². The molecule has 0 aliphatic carbocycles. The summed E-state index contributed by atoms with van der Waals surface area (Å²) in [7, 11) is 3.28. The average molecular weight is 366 g/mol. The van der Waals surface area contributed by atoms with Crippen LogP contribution in [0.25, 0.3) is 0 Å². The Kier molecular flexibility index (Phi) is 6.05. The number of hydrogen-bond acceptors (Lipinski definition) is 5. The average Bonchev–Trinajstić information content (AvgIpc) is 2.32. The Bertz CT molecular complexity index is 463. The summed E-state index contributed by atoms with van der Waals surface area (Å²) < 4.78 is 5.29. The lowest BCUT2D eigenvalue weighted by Crippen LogP contribution is -2.37. The first-order valence-electron chi connectivity index (χ1n) is 5.26. The highest BCUT2D eigenvalue weighted by atomic mass is 127. The minimum absolute atomic E-state index is 0.135. The molecule has 0 aromatic carbocycles. The van der Waals surface area contributed by atoms with E-state index in [0.717, 1.165) is 0 Å².